The molecule has 2 aromatic carbocycles. The molecule has 0 fully saturated rings. The van der Waals surface area contributed by atoms with E-state index in [4.69, 9.17) is 9.47 Å². The SMILES string of the molecule is COC(=O)c1ccc(OC)cc1Nc1cccc(Br)c1. The van der Waals surface area contributed by atoms with Crippen LogP contribution in [0.1, 0.15) is 10.4 Å². The highest BCUT2D eigenvalue weighted by molar-refractivity contribution is 9.10. The van der Waals surface area contributed by atoms with Gasteiger partial charge in [-0.25, -0.2) is 4.79 Å². The summed E-state index contributed by atoms with van der Waals surface area (Å²) in [5, 5.41) is 3.19. The van der Waals surface area contributed by atoms with E-state index < -0.39 is 5.97 Å². The molecule has 0 bridgehead atoms. The summed E-state index contributed by atoms with van der Waals surface area (Å²) >= 11 is 3.41. The van der Waals surface area contributed by atoms with Gasteiger partial charge in [0.1, 0.15) is 5.75 Å². The quantitative estimate of drug-likeness (QED) is 0.858. The molecule has 0 radical (unpaired) electrons. The number of benzene rings is 2. The van der Waals surface area contributed by atoms with E-state index in [9.17, 15) is 4.79 Å². The molecule has 20 heavy (non-hydrogen) atoms. The van der Waals surface area contributed by atoms with Crippen LogP contribution in [0, 0.1) is 0 Å². The highest BCUT2D eigenvalue weighted by Crippen LogP contribution is 2.27. The number of ether oxygens (including phenoxy) is 2. The summed E-state index contributed by atoms with van der Waals surface area (Å²) in [6.45, 7) is 0. The van der Waals surface area contributed by atoms with Gasteiger partial charge in [0.2, 0.25) is 0 Å². The predicted octanol–water partition coefficient (Wildman–Crippen LogP) is 3.99. The fourth-order valence-electron chi connectivity index (χ4n) is 1.76. The van der Waals surface area contributed by atoms with Crippen molar-refractivity contribution in [2.24, 2.45) is 0 Å². The largest absolute Gasteiger partial charge is 0.497 e. The van der Waals surface area contributed by atoms with Crippen LogP contribution in [0.4, 0.5) is 11.4 Å². The number of carbonyl (C=O) groups is 1. The standard InChI is InChI=1S/C15H14BrNO3/c1-19-12-6-7-13(15(18)20-2)14(9-12)17-11-5-3-4-10(16)8-11/h3-9,17H,1-2H3. The molecular formula is C15H14BrNO3. The summed E-state index contributed by atoms with van der Waals surface area (Å²) in [6.07, 6.45) is 0. The highest BCUT2D eigenvalue weighted by Gasteiger charge is 2.13. The number of methoxy groups -OCH3 is 2. The van der Waals surface area contributed by atoms with Crippen molar-refractivity contribution in [1.82, 2.24) is 0 Å². The van der Waals surface area contributed by atoms with E-state index in [2.05, 4.69) is 21.2 Å². The smallest absolute Gasteiger partial charge is 0.339 e. The maximum absolute atomic E-state index is 11.8. The second kappa shape index (κ2) is 6.43. The Morgan fingerprint density at radius 2 is 1.95 bits per heavy atom. The van der Waals surface area contributed by atoms with Crippen LogP contribution in [0.2, 0.25) is 0 Å². The molecule has 4 nitrogen and oxygen atoms in total. The number of carbonyl (C=O) groups excluding carboxylic acids is 1. The number of esters is 1. The van der Waals surface area contributed by atoms with E-state index in [1.54, 1.807) is 25.3 Å². The summed E-state index contributed by atoms with van der Waals surface area (Å²) < 4.78 is 10.9. The molecule has 0 aliphatic rings. The van der Waals surface area contributed by atoms with E-state index in [-0.39, 0.29) is 0 Å². The Bertz CT molecular complexity index is 628. The third-order valence-corrected chi connectivity index (χ3v) is 3.23. The zero-order valence-electron chi connectivity index (χ0n) is 11.1. The van der Waals surface area contributed by atoms with E-state index >= 15 is 0 Å². The Morgan fingerprint density at radius 3 is 2.60 bits per heavy atom. The summed E-state index contributed by atoms with van der Waals surface area (Å²) in [4.78, 5) is 11.8. The second-order valence-corrected chi connectivity index (χ2v) is 4.95. The minimum atomic E-state index is -0.398. The topological polar surface area (TPSA) is 47.6 Å². The van der Waals surface area contributed by atoms with Crippen molar-refractivity contribution < 1.29 is 14.3 Å². The number of rotatable bonds is 4. The van der Waals surface area contributed by atoms with E-state index in [0.29, 0.717) is 17.0 Å². The molecule has 0 saturated heterocycles. The Hall–Kier alpha value is -2.01. The number of halogens is 1. The van der Waals surface area contributed by atoms with Gasteiger partial charge in [0.15, 0.2) is 0 Å². The molecule has 0 amide bonds. The summed E-state index contributed by atoms with van der Waals surface area (Å²) in [7, 11) is 2.94. The van der Waals surface area contributed by atoms with Crippen LogP contribution in [0.3, 0.4) is 0 Å². The first-order valence-electron chi connectivity index (χ1n) is 5.93. The van der Waals surface area contributed by atoms with Gasteiger partial charge in [-0.2, -0.15) is 0 Å². The summed E-state index contributed by atoms with van der Waals surface area (Å²) in [5.41, 5.74) is 1.94. The lowest BCUT2D eigenvalue weighted by molar-refractivity contribution is 0.0602. The van der Waals surface area contributed by atoms with Gasteiger partial charge < -0.3 is 14.8 Å². The van der Waals surface area contributed by atoms with Crippen LogP contribution < -0.4 is 10.1 Å². The third-order valence-electron chi connectivity index (χ3n) is 2.74. The van der Waals surface area contributed by atoms with Gasteiger partial charge >= 0.3 is 5.97 Å². The summed E-state index contributed by atoms with van der Waals surface area (Å²) in [5.74, 6) is 0.264. The number of hydrogen-bond donors (Lipinski definition) is 1. The van der Waals surface area contributed by atoms with Gasteiger partial charge in [0.25, 0.3) is 0 Å². The predicted molar refractivity (Wildman–Crippen MR) is 81.8 cm³/mol. The van der Waals surface area contributed by atoms with Gasteiger partial charge in [-0.3, -0.25) is 0 Å². The fourth-order valence-corrected chi connectivity index (χ4v) is 2.16. The monoisotopic (exact) mass is 335 g/mol. The fraction of sp³-hybridized carbons (Fsp3) is 0.133. The molecule has 104 valence electrons. The van der Waals surface area contributed by atoms with Crippen molar-refractivity contribution in [2.45, 2.75) is 0 Å². The van der Waals surface area contributed by atoms with Crippen molar-refractivity contribution in [3.8, 4) is 5.75 Å². The molecule has 1 N–H and O–H groups in total. The number of hydrogen-bond acceptors (Lipinski definition) is 4. The van der Waals surface area contributed by atoms with Crippen LogP contribution in [0.15, 0.2) is 46.9 Å². The Morgan fingerprint density at radius 1 is 1.15 bits per heavy atom. The molecule has 0 spiro atoms. The Balaban J connectivity index is 2.39. The molecule has 0 saturated carbocycles. The van der Waals surface area contributed by atoms with Gasteiger partial charge in [-0.05, 0) is 30.3 Å². The average molecular weight is 336 g/mol. The zero-order chi connectivity index (χ0) is 14.5. The molecule has 5 heteroatoms. The first-order valence-corrected chi connectivity index (χ1v) is 6.72. The van der Waals surface area contributed by atoms with Crippen LogP contribution in [-0.2, 0) is 4.74 Å². The minimum Gasteiger partial charge on any atom is -0.497 e. The highest BCUT2D eigenvalue weighted by atomic mass is 79.9. The Kier molecular flexibility index (Phi) is 4.63. The first-order chi connectivity index (χ1) is 9.63. The number of nitrogens with one attached hydrogen (secondary N) is 1. The lowest BCUT2D eigenvalue weighted by Crippen LogP contribution is -2.06. The molecule has 0 aliphatic heterocycles. The average Bonchev–Trinajstić information content (AvgIpc) is 2.46. The normalized spacial score (nSPS) is 9.95. The lowest BCUT2D eigenvalue weighted by Gasteiger charge is -2.12. The second-order valence-electron chi connectivity index (χ2n) is 4.04. The van der Waals surface area contributed by atoms with Crippen molar-refractivity contribution in [3.05, 3.63) is 52.5 Å². The third kappa shape index (κ3) is 3.30. The van der Waals surface area contributed by atoms with Crippen LogP contribution in [0.25, 0.3) is 0 Å². The van der Waals surface area contributed by atoms with E-state index in [1.165, 1.54) is 7.11 Å². The van der Waals surface area contributed by atoms with Gasteiger partial charge in [-0.15, -0.1) is 0 Å². The van der Waals surface area contributed by atoms with Crippen LogP contribution in [-0.4, -0.2) is 20.2 Å². The van der Waals surface area contributed by atoms with E-state index in [1.807, 2.05) is 24.3 Å². The maximum Gasteiger partial charge on any atom is 0.339 e. The van der Waals surface area contributed by atoms with Crippen molar-refractivity contribution in [2.75, 3.05) is 19.5 Å². The molecule has 0 unspecified atom stereocenters. The minimum absolute atomic E-state index is 0.398. The molecule has 2 rings (SSSR count). The molecule has 0 heterocycles. The lowest BCUT2D eigenvalue weighted by atomic mass is 10.1. The van der Waals surface area contributed by atoms with Crippen LogP contribution in [0.5, 0.6) is 5.75 Å². The summed E-state index contributed by atoms with van der Waals surface area (Å²) in [6, 6.07) is 12.8. The Labute approximate surface area is 125 Å². The molecular weight excluding hydrogens is 322 g/mol. The van der Waals surface area contributed by atoms with Gasteiger partial charge in [0, 0.05) is 16.2 Å². The molecule has 0 aliphatic carbocycles. The maximum atomic E-state index is 11.8. The van der Waals surface area contributed by atoms with Crippen molar-refractivity contribution in [3.63, 3.8) is 0 Å². The van der Waals surface area contributed by atoms with Crippen molar-refractivity contribution in [1.29, 1.82) is 0 Å². The first kappa shape index (κ1) is 14.4. The van der Waals surface area contributed by atoms with Crippen LogP contribution >= 0.6 is 15.9 Å². The zero-order valence-corrected chi connectivity index (χ0v) is 12.7. The molecule has 0 atom stereocenters. The van der Waals surface area contributed by atoms with Crippen molar-refractivity contribution >= 4 is 33.3 Å². The van der Waals surface area contributed by atoms with E-state index in [0.717, 1.165) is 10.2 Å². The molecule has 2 aromatic rings. The number of anilines is 2. The molecule has 0 aromatic heterocycles. The van der Waals surface area contributed by atoms with Gasteiger partial charge in [0.05, 0.1) is 25.5 Å². The van der Waals surface area contributed by atoms with Gasteiger partial charge in [-0.1, -0.05) is 22.0 Å².